The Morgan fingerprint density at radius 3 is 2.38 bits per heavy atom. The van der Waals surface area contributed by atoms with Gasteiger partial charge in [0.1, 0.15) is 0 Å². The van der Waals surface area contributed by atoms with Crippen molar-refractivity contribution in [3.8, 4) is 0 Å². The minimum Gasteiger partial charge on any atom is -0.377 e. The summed E-state index contributed by atoms with van der Waals surface area (Å²) in [6.45, 7) is 5.47. The zero-order valence-corrected chi connectivity index (χ0v) is 9.23. The molecule has 2 nitrogen and oxygen atoms in total. The summed E-state index contributed by atoms with van der Waals surface area (Å²) in [5.74, 6) is 0. The highest BCUT2D eigenvalue weighted by Crippen LogP contribution is 2.39. The van der Waals surface area contributed by atoms with Crippen LogP contribution in [0.2, 0.25) is 0 Å². The zero-order valence-electron chi connectivity index (χ0n) is 9.23. The van der Waals surface area contributed by atoms with Crippen LogP contribution in [0.3, 0.4) is 0 Å². The molecule has 0 amide bonds. The molecule has 0 aliphatic heterocycles. The molecule has 0 bridgehead atoms. The van der Waals surface area contributed by atoms with E-state index in [-0.39, 0.29) is 5.60 Å². The van der Waals surface area contributed by atoms with Crippen molar-refractivity contribution in [3.63, 3.8) is 0 Å². The third-order valence-corrected chi connectivity index (χ3v) is 3.27. The molecule has 1 N–H and O–H groups in total. The smallest absolute Gasteiger partial charge is 0.0831 e. The van der Waals surface area contributed by atoms with E-state index < -0.39 is 0 Å². The van der Waals surface area contributed by atoms with Gasteiger partial charge in [0.15, 0.2) is 0 Å². The number of hydrogen-bond donors (Lipinski definition) is 1. The Kier molecular flexibility index (Phi) is 4.20. The average molecular weight is 185 g/mol. The van der Waals surface area contributed by atoms with Gasteiger partial charge in [0.05, 0.1) is 5.60 Å². The Hall–Kier alpha value is -0.0800. The standard InChI is InChI=1S/C11H23NO/c1-4-7-10(12-5-2)11(13-3)8-6-9-11/h10,12H,4-9H2,1-3H3. The first-order chi connectivity index (χ1) is 6.29. The number of hydrogen-bond acceptors (Lipinski definition) is 2. The van der Waals surface area contributed by atoms with Crippen LogP contribution < -0.4 is 5.32 Å². The highest BCUT2D eigenvalue weighted by atomic mass is 16.5. The fourth-order valence-corrected chi connectivity index (χ4v) is 2.31. The Bertz CT molecular complexity index is 132. The molecule has 1 atom stereocenters. The van der Waals surface area contributed by atoms with Gasteiger partial charge in [0.25, 0.3) is 0 Å². The monoisotopic (exact) mass is 185 g/mol. The Morgan fingerprint density at radius 2 is 2.08 bits per heavy atom. The summed E-state index contributed by atoms with van der Waals surface area (Å²) in [7, 11) is 1.86. The van der Waals surface area contributed by atoms with E-state index >= 15 is 0 Å². The van der Waals surface area contributed by atoms with E-state index in [4.69, 9.17) is 4.74 Å². The van der Waals surface area contributed by atoms with Crippen LogP contribution in [0.15, 0.2) is 0 Å². The van der Waals surface area contributed by atoms with E-state index in [1.54, 1.807) is 0 Å². The van der Waals surface area contributed by atoms with Crippen LogP contribution in [0, 0.1) is 0 Å². The predicted molar refractivity (Wildman–Crippen MR) is 56.0 cm³/mol. The van der Waals surface area contributed by atoms with Crippen molar-refractivity contribution in [1.29, 1.82) is 0 Å². The number of ether oxygens (including phenoxy) is 1. The summed E-state index contributed by atoms with van der Waals surface area (Å²) in [6, 6.07) is 0.571. The molecule has 1 rings (SSSR count). The second-order valence-corrected chi connectivity index (χ2v) is 4.02. The van der Waals surface area contributed by atoms with Gasteiger partial charge in [-0.15, -0.1) is 0 Å². The summed E-state index contributed by atoms with van der Waals surface area (Å²) < 4.78 is 5.68. The molecular formula is C11H23NO. The predicted octanol–water partition coefficient (Wildman–Crippen LogP) is 2.33. The molecule has 1 unspecified atom stereocenters. The molecule has 0 saturated heterocycles. The van der Waals surface area contributed by atoms with Gasteiger partial charge < -0.3 is 10.1 Å². The quantitative estimate of drug-likeness (QED) is 0.686. The Labute approximate surface area is 82.0 Å². The Morgan fingerprint density at radius 1 is 1.38 bits per heavy atom. The first-order valence-corrected chi connectivity index (χ1v) is 5.57. The van der Waals surface area contributed by atoms with Crippen LogP contribution in [-0.4, -0.2) is 25.3 Å². The molecule has 78 valence electrons. The van der Waals surface area contributed by atoms with Gasteiger partial charge in [0, 0.05) is 13.2 Å². The largest absolute Gasteiger partial charge is 0.377 e. The summed E-state index contributed by atoms with van der Waals surface area (Å²) in [5.41, 5.74) is 0.173. The average Bonchev–Trinajstić information content (AvgIpc) is 2.04. The van der Waals surface area contributed by atoms with E-state index in [2.05, 4.69) is 19.2 Å². The summed E-state index contributed by atoms with van der Waals surface area (Å²) in [4.78, 5) is 0. The lowest BCUT2D eigenvalue weighted by atomic mass is 9.73. The molecule has 1 fully saturated rings. The topological polar surface area (TPSA) is 21.3 Å². The lowest BCUT2D eigenvalue weighted by Gasteiger charge is -2.47. The van der Waals surface area contributed by atoms with Crippen molar-refractivity contribution < 1.29 is 4.74 Å². The van der Waals surface area contributed by atoms with Crippen LogP contribution in [-0.2, 0) is 4.74 Å². The van der Waals surface area contributed by atoms with Crippen molar-refractivity contribution >= 4 is 0 Å². The second-order valence-electron chi connectivity index (χ2n) is 4.02. The molecule has 2 heteroatoms. The highest BCUT2D eigenvalue weighted by Gasteiger charge is 2.43. The van der Waals surface area contributed by atoms with Crippen LogP contribution >= 0.6 is 0 Å². The fourth-order valence-electron chi connectivity index (χ4n) is 2.31. The van der Waals surface area contributed by atoms with Gasteiger partial charge >= 0.3 is 0 Å². The van der Waals surface area contributed by atoms with Crippen molar-refractivity contribution in [2.24, 2.45) is 0 Å². The van der Waals surface area contributed by atoms with Gasteiger partial charge in [-0.2, -0.15) is 0 Å². The summed E-state index contributed by atoms with van der Waals surface area (Å²) in [5, 5.41) is 3.55. The van der Waals surface area contributed by atoms with Gasteiger partial charge in [0.2, 0.25) is 0 Å². The minimum absolute atomic E-state index is 0.173. The third kappa shape index (κ3) is 2.23. The van der Waals surface area contributed by atoms with E-state index in [1.165, 1.54) is 32.1 Å². The van der Waals surface area contributed by atoms with Crippen molar-refractivity contribution in [3.05, 3.63) is 0 Å². The first kappa shape index (κ1) is 11.0. The maximum absolute atomic E-state index is 5.68. The molecule has 13 heavy (non-hydrogen) atoms. The molecule has 0 aromatic carbocycles. The first-order valence-electron chi connectivity index (χ1n) is 5.57. The molecule has 0 aromatic heterocycles. The normalized spacial score (nSPS) is 22.4. The number of likely N-dealkylation sites (N-methyl/N-ethyl adjacent to an activating group) is 1. The van der Waals surface area contributed by atoms with E-state index in [1.807, 2.05) is 7.11 Å². The van der Waals surface area contributed by atoms with Crippen molar-refractivity contribution in [2.75, 3.05) is 13.7 Å². The SMILES string of the molecule is CCCC(NCC)C1(OC)CCC1. The number of nitrogens with one attached hydrogen (secondary N) is 1. The van der Waals surface area contributed by atoms with Gasteiger partial charge in [-0.3, -0.25) is 0 Å². The van der Waals surface area contributed by atoms with Crippen LogP contribution in [0.4, 0.5) is 0 Å². The lowest BCUT2D eigenvalue weighted by Crippen LogP contribution is -2.56. The zero-order chi connectivity index (χ0) is 9.73. The maximum Gasteiger partial charge on any atom is 0.0831 e. The summed E-state index contributed by atoms with van der Waals surface area (Å²) >= 11 is 0. The molecule has 0 aromatic rings. The van der Waals surface area contributed by atoms with Crippen LogP contribution in [0.1, 0.15) is 46.0 Å². The second kappa shape index (κ2) is 4.97. The summed E-state index contributed by atoms with van der Waals surface area (Å²) in [6.07, 6.45) is 6.28. The fraction of sp³-hybridized carbons (Fsp3) is 1.00. The van der Waals surface area contributed by atoms with Crippen molar-refractivity contribution in [1.82, 2.24) is 5.32 Å². The molecule has 0 radical (unpaired) electrons. The minimum atomic E-state index is 0.173. The van der Waals surface area contributed by atoms with E-state index in [0.717, 1.165) is 6.54 Å². The van der Waals surface area contributed by atoms with Gasteiger partial charge in [-0.05, 0) is 32.2 Å². The maximum atomic E-state index is 5.68. The van der Waals surface area contributed by atoms with Gasteiger partial charge in [-0.25, -0.2) is 0 Å². The van der Waals surface area contributed by atoms with Gasteiger partial charge in [-0.1, -0.05) is 20.3 Å². The lowest BCUT2D eigenvalue weighted by molar-refractivity contribution is -0.0997. The van der Waals surface area contributed by atoms with E-state index in [0.29, 0.717) is 6.04 Å². The molecular weight excluding hydrogens is 162 g/mol. The molecule has 1 aliphatic rings. The molecule has 1 aliphatic carbocycles. The molecule has 1 saturated carbocycles. The molecule has 0 heterocycles. The van der Waals surface area contributed by atoms with Crippen molar-refractivity contribution in [2.45, 2.75) is 57.6 Å². The van der Waals surface area contributed by atoms with E-state index in [9.17, 15) is 0 Å². The van der Waals surface area contributed by atoms with Crippen LogP contribution in [0.5, 0.6) is 0 Å². The highest BCUT2D eigenvalue weighted by molar-refractivity contribution is 4.99. The number of rotatable bonds is 6. The Balaban J connectivity index is 2.49. The third-order valence-electron chi connectivity index (χ3n) is 3.27. The van der Waals surface area contributed by atoms with Crippen LogP contribution in [0.25, 0.3) is 0 Å². The number of methoxy groups -OCH3 is 1. The molecule has 0 spiro atoms.